The summed E-state index contributed by atoms with van der Waals surface area (Å²) < 4.78 is 0. The number of carbonyl (C=O) groups is 1. The Hall–Kier alpha value is -2.94. The van der Waals surface area contributed by atoms with Gasteiger partial charge in [-0.25, -0.2) is 14.8 Å². The molecule has 6 heteroatoms. The molecule has 0 spiro atoms. The van der Waals surface area contributed by atoms with Crippen LogP contribution in [0.15, 0.2) is 36.5 Å². The molecule has 1 aromatic heterocycles. The van der Waals surface area contributed by atoms with Gasteiger partial charge in [0.05, 0.1) is 5.56 Å². The van der Waals surface area contributed by atoms with Crippen LogP contribution in [-0.2, 0) is 6.54 Å². The van der Waals surface area contributed by atoms with Crippen molar-refractivity contribution in [3.8, 4) is 6.07 Å². The van der Waals surface area contributed by atoms with Gasteiger partial charge in [-0.2, -0.15) is 5.26 Å². The first-order valence-electron chi connectivity index (χ1n) is 5.48. The van der Waals surface area contributed by atoms with Gasteiger partial charge in [-0.15, -0.1) is 0 Å². The van der Waals surface area contributed by atoms with Gasteiger partial charge in [0, 0.05) is 12.7 Å². The topological polar surface area (TPSA) is 98.9 Å². The summed E-state index contributed by atoms with van der Waals surface area (Å²) in [4.78, 5) is 18.8. The molecule has 0 amide bonds. The second-order valence-corrected chi connectivity index (χ2v) is 3.74. The van der Waals surface area contributed by atoms with Gasteiger partial charge in [0.2, 0.25) is 5.95 Å². The van der Waals surface area contributed by atoms with Crippen molar-refractivity contribution < 1.29 is 9.90 Å². The Labute approximate surface area is 109 Å². The molecule has 0 saturated carbocycles. The van der Waals surface area contributed by atoms with Gasteiger partial charge in [-0.3, -0.25) is 0 Å². The number of aromatic carboxylic acids is 1. The van der Waals surface area contributed by atoms with E-state index < -0.39 is 5.97 Å². The number of nitrogens with one attached hydrogen (secondary N) is 1. The third kappa shape index (κ3) is 3.26. The quantitative estimate of drug-likeness (QED) is 0.860. The predicted molar refractivity (Wildman–Crippen MR) is 67.5 cm³/mol. The van der Waals surface area contributed by atoms with E-state index in [0.29, 0.717) is 12.5 Å². The molecule has 94 valence electrons. The maximum absolute atomic E-state index is 10.8. The van der Waals surface area contributed by atoms with Crippen LogP contribution in [0, 0.1) is 11.3 Å². The minimum absolute atomic E-state index is 0.228. The fourth-order valence-electron chi connectivity index (χ4n) is 1.50. The molecule has 1 heterocycles. The molecule has 0 fully saturated rings. The smallest absolute Gasteiger partial charge is 0.335 e. The van der Waals surface area contributed by atoms with E-state index in [0.717, 1.165) is 5.56 Å². The van der Waals surface area contributed by atoms with Crippen LogP contribution in [-0.4, -0.2) is 21.0 Å². The fourth-order valence-corrected chi connectivity index (χ4v) is 1.50. The monoisotopic (exact) mass is 254 g/mol. The largest absolute Gasteiger partial charge is 0.478 e. The SMILES string of the molecule is N#Cc1ccnc(NCc2cccc(C(=O)O)c2)n1. The van der Waals surface area contributed by atoms with Gasteiger partial charge < -0.3 is 10.4 Å². The Bertz CT molecular complexity index is 649. The predicted octanol–water partition coefficient (Wildman–Crippen LogP) is 1.66. The highest BCUT2D eigenvalue weighted by atomic mass is 16.4. The second-order valence-electron chi connectivity index (χ2n) is 3.74. The van der Waals surface area contributed by atoms with E-state index in [2.05, 4.69) is 15.3 Å². The van der Waals surface area contributed by atoms with Gasteiger partial charge in [-0.1, -0.05) is 12.1 Å². The van der Waals surface area contributed by atoms with E-state index in [-0.39, 0.29) is 11.3 Å². The Morgan fingerprint density at radius 1 is 1.42 bits per heavy atom. The first-order valence-corrected chi connectivity index (χ1v) is 5.48. The minimum atomic E-state index is -0.968. The third-order valence-corrected chi connectivity index (χ3v) is 2.39. The Balaban J connectivity index is 2.08. The van der Waals surface area contributed by atoms with Crippen molar-refractivity contribution >= 4 is 11.9 Å². The summed E-state index contributed by atoms with van der Waals surface area (Å²) >= 11 is 0. The van der Waals surface area contributed by atoms with Crippen molar-refractivity contribution in [2.45, 2.75) is 6.54 Å². The number of benzene rings is 1. The zero-order valence-electron chi connectivity index (χ0n) is 9.87. The lowest BCUT2D eigenvalue weighted by Crippen LogP contribution is -2.05. The van der Waals surface area contributed by atoms with Crippen LogP contribution in [0.3, 0.4) is 0 Å². The van der Waals surface area contributed by atoms with Gasteiger partial charge in [0.15, 0.2) is 0 Å². The maximum atomic E-state index is 10.8. The highest BCUT2D eigenvalue weighted by Crippen LogP contribution is 2.07. The Morgan fingerprint density at radius 3 is 3.00 bits per heavy atom. The average Bonchev–Trinajstić information content (AvgIpc) is 2.45. The summed E-state index contributed by atoms with van der Waals surface area (Å²) in [6.45, 7) is 0.385. The molecule has 1 aromatic carbocycles. The molecular weight excluding hydrogens is 244 g/mol. The molecule has 0 aliphatic rings. The number of hydrogen-bond donors (Lipinski definition) is 2. The van der Waals surface area contributed by atoms with Crippen LogP contribution in [0.25, 0.3) is 0 Å². The van der Waals surface area contributed by atoms with E-state index in [9.17, 15) is 4.79 Å². The van der Waals surface area contributed by atoms with Gasteiger partial charge in [-0.05, 0) is 23.8 Å². The fraction of sp³-hybridized carbons (Fsp3) is 0.0769. The highest BCUT2D eigenvalue weighted by molar-refractivity contribution is 5.87. The lowest BCUT2D eigenvalue weighted by Gasteiger charge is -2.05. The first kappa shape index (κ1) is 12.5. The summed E-state index contributed by atoms with van der Waals surface area (Å²) in [6.07, 6.45) is 1.49. The zero-order chi connectivity index (χ0) is 13.7. The highest BCUT2D eigenvalue weighted by Gasteiger charge is 2.04. The Morgan fingerprint density at radius 2 is 2.26 bits per heavy atom. The summed E-state index contributed by atoms with van der Waals surface area (Å²) in [5.41, 5.74) is 1.30. The molecule has 19 heavy (non-hydrogen) atoms. The van der Waals surface area contributed by atoms with Crippen molar-refractivity contribution in [2.75, 3.05) is 5.32 Å². The van der Waals surface area contributed by atoms with Gasteiger partial charge >= 0.3 is 5.97 Å². The summed E-state index contributed by atoms with van der Waals surface area (Å²) in [5.74, 6) is -0.635. The molecule has 0 aliphatic carbocycles. The van der Waals surface area contributed by atoms with Crippen LogP contribution >= 0.6 is 0 Å². The standard InChI is InChI=1S/C13H10N4O2/c14-7-11-4-5-15-13(17-11)16-8-9-2-1-3-10(6-9)12(18)19/h1-6H,8H2,(H,18,19)(H,15,16,17). The van der Waals surface area contributed by atoms with Crippen LogP contribution in [0.1, 0.15) is 21.6 Å². The number of carboxylic acids is 1. The van der Waals surface area contributed by atoms with E-state index in [4.69, 9.17) is 10.4 Å². The molecule has 0 bridgehead atoms. The lowest BCUT2D eigenvalue weighted by molar-refractivity contribution is 0.0697. The van der Waals surface area contributed by atoms with E-state index in [1.54, 1.807) is 18.2 Å². The number of aromatic nitrogens is 2. The number of nitriles is 1. The lowest BCUT2D eigenvalue weighted by atomic mass is 10.1. The summed E-state index contributed by atoms with van der Waals surface area (Å²) in [5, 5.41) is 20.5. The number of nitrogens with zero attached hydrogens (tertiary/aromatic N) is 3. The first-order chi connectivity index (χ1) is 9.19. The molecule has 0 aliphatic heterocycles. The number of carboxylic acid groups (broad SMARTS) is 1. The van der Waals surface area contributed by atoms with Crippen molar-refractivity contribution in [3.05, 3.63) is 53.3 Å². The molecule has 2 N–H and O–H groups in total. The molecular formula is C13H10N4O2. The van der Waals surface area contributed by atoms with Crippen molar-refractivity contribution in [3.63, 3.8) is 0 Å². The number of rotatable bonds is 4. The Kier molecular flexibility index (Phi) is 3.69. The summed E-state index contributed by atoms with van der Waals surface area (Å²) in [6, 6.07) is 10.0. The number of hydrogen-bond acceptors (Lipinski definition) is 5. The van der Waals surface area contributed by atoms with Crippen LogP contribution in [0.4, 0.5) is 5.95 Å². The maximum Gasteiger partial charge on any atom is 0.335 e. The van der Waals surface area contributed by atoms with Crippen LogP contribution in [0.2, 0.25) is 0 Å². The van der Waals surface area contributed by atoms with Crippen molar-refractivity contribution in [1.82, 2.24) is 9.97 Å². The second kappa shape index (κ2) is 5.60. The van der Waals surface area contributed by atoms with E-state index in [1.807, 2.05) is 6.07 Å². The molecule has 0 radical (unpaired) electrons. The minimum Gasteiger partial charge on any atom is -0.478 e. The summed E-state index contributed by atoms with van der Waals surface area (Å²) in [7, 11) is 0. The normalized spacial score (nSPS) is 9.63. The molecule has 0 saturated heterocycles. The zero-order valence-corrected chi connectivity index (χ0v) is 9.87. The molecule has 6 nitrogen and oxygen atoms in total. The third-order valence-electron chi connectivity index (χ3n) is 2.39. The van der Waals surface area contributed by atoms with Crippen molar-refractivity contribution in [1.29, 1.82) is 5.26 Å². The molecule has 0 unspecified atom stereocenters. The van der Waals surface area contributed by atoms with Gasteiger partial charge in [0.25, 0.3) is 0 Å². The van der Waals surface area contributed by atoms with Gasteiger partial charge in [0.1, 0.15) is 11.8 Å². The van der Waals surface area contributed by atoms with Crippen LogP contribution in [0.5, 0.6) is 0 Å². The average molecular weight is 254 g/mol. The molecule has 2 aromatic rings. The van der Waals surface area contributed by atoms with E-state index in [1.165, 1.54) is 18.3 Å². The van der Waals surface area contributed by atoms with E-state index >= 15 is 0 Å². The molecule has 0 atom stereocenters. The molecule has 2 rings (SSSR count). The number of anilines is 1. The van der Waals surface area contributed by atoms with Crippen LogP contribution < -0.4 is 5.32 Å². The van der Waals surface area contributed by atoms with Crippen molar-refractivity contribution in [2.24, 2.45) is 0 Å².